The van der Waals surface area contributed by atoms with Gasteiger partial charge in [0.05, 0.1) is 6.10 Å². The zero-order valence-corrected chi connectivity index (χ0v) is 8.30. The maximum absolute atomic E-state index is 11.4. The molecule has 5 nitrogen and oxygen atoms in total. The SMILES string of the molecule is CC(C)OC(=O)C1CCC(C=[N+]=[N-])=N1. The number of carbonyl (C=O) groups excluding carboxylic acids is 1. The Kier molecular flexibility index (Phi) is 3.54. The van der Waals surface area contributed by atoms with Crippen LogP contribution in [0.3, 0.4) is 0 Å². The van der Waals surface area contributed by atoms with Crippen LogP contribution in [0.1, 0.15) is 26.7 Å². The van der Waals surface area contributed by atoms with Crippen LogP contribution in [0.2, 0.25) is 0 Å². The Hall–Kier alpha value is -1.48. The molecule has 14 heavy (non-hydrogen) atoms. The third kappa shape index (κ3) is 2.78. The summed E-state index contributed by atoms with van der Waals surface area (Å²) in [6.45, 7) is 3.60. The molecule has 1 unspecified atom stereocenters. The zero-order valence-electron chi connectivity index (χ0n) is 8.30. The fourth-order valence-corrected chi connectivity index (χ4v) is 1.26. The van der Waals surface area contributed by atoms with Crippen LogP contribution >= 0.6 is 0 Å². The Labute approximate surface area is 82.4 Å². The second-order valence-corrected chi connectivity index (χ2v) is 3.41. The molecule has 0 radical (unpaired) electrons. The predicted molar refractivity (Wildman–Crippen MR) is 51.4 cm³/mol. The number of aliphatic imine (C=N–C) groups is 1. The van der Waals surface area contributed by atoms with Crippen LogP contribution in [0.25, 0.3) is 5.53 Å². The van der Waals surface area contributed by atoms with Crippen molar-refractivity contribution in [2.45, 2.75) is 38.8 Å². The summed E-state index contributed by atoms with van der Waals surface area (Å²) in [6.07, 6.45) is 2.42. The van der Waals surface area contributed by atoms with E-state index >= 15 is 0 Å². The van der Waals surface area contributed by atoms with Crippen LogP contribution in [-0.2, 0) is 9.53 Å². The van der Waals surface area contributed by atoms with Gasteiger partial charge in [-0.15, -0.1) is 0 Å². The molecule has 0 aromatic carbocycles. The highest BCUT2D eigenvalue weighted by Crippen LogP contribution is 2.14. The van der Waals surface area contributed by atoms with Gasteiger partial charge in [-0.25, -0.2) is 4.79 Å². The number of hydrogen-bond acceptors (Lipinski definition) is 3. The van der Waals surface area contributed by atoms with E-state index < -0.39 is 6.04 Å². The number of carbonyl (C=O) groups is 1. The van der Waals surface area contributed by atoms with Gasteiger partial charge in [0.15, 0.2) is 0 Å². The number of nitrogens with zero attached hydrogens (tertiary/aromatic N) is 3. The van der Waals surface area contributed by atoms with E-state index in [-0.39, 0.29) is 12.1 Å². The smallest absolute Gasteiger partial charge is 0.331 e. The first-order valence-corrected chi connectivity index (χ1v) is 4.58. The van der Waals surface area contributed by atoms with Crippen molar-refractivity contribution in [2.24, 2.45) is 4.99 Å². The van der Waals surface area contributed by atoms with Crippen LogP contribution < -0.4 is 0 Å². The normalized spacial score (nSPS) is 20.2. The average molecular weight is 195 g/mol. The molecule has 0 saturated carbocycles. The second-order valence-electron chi connectivity index (χ2n) is 3.41. The molecule has 0 aromatic heterocycles. The summed E-state index contributed by atoms with van der Waals surface area (Å²) < 4.78 is 5.01. The lowest BCUT2D eigenvalue weighted by atomic mass is 10.2. The molecule has 1 aliphatic rings. The van der Waals surface area contributed by atoms with Crippen molar-refractivity contribution in [3.8, 4) is 0 Å². The Morgan fingerprint density at radius 1 is 1.79 bits per heavy atom. The summed E-state index contributed by atoms with van der Waals surface area (Å²) >= 11 is 0. The van der Waals surface area contributed by atoms with Crippen molar-refractivity contribution < 1.29 is 14.3 Å². The van der Waals surface area contributed by atoms with Gasteiger partial charge < -0.3 is 10.3 Å². The molecule has 0 saturated heterocycles. The van der Waals surface area contributed by atoms with E-state index in [2.05, 4.69) is 9.78 Å². The number of rotatable bonds is 3. The molecule has 0 fully saturated rings. The van der Waals surface area contributed by atoms with Gasteiger partial charge in [0.25, 0.3) is 0 Å². The molecular formula is C9H13N3O2. The van der Waals surface area contributed by atoms with Crippen LogP contribution in [0.4, 0.5) is 0 Å². The van der Waals surface area contributed by atoms with E-state index in [1.807, 2.05) is 0 Å². The number of esters is 1. The fourth-order valence-electron chi connectivity index (χ4n) is 1.26. The van der Waals surface area contributed by atoms with E-state index in [9.17, 15) is 4.79 Å². The maximum atomic E-state index is 11.4. The lowest BCUT2D eigenvalue weighted by Crippen LogP contribution is -2.22. The molecule has 0 bridgehead atoms. The average Bonchev–Trinajstić information content (AvgIpc) is 2.52. The number of ether oxygens (including phenoxy) is 1. The summed E-state index contributed by atoms with van der Waals surface area (Å²) in [5.74, 6) is -0.304. The van der Waals surface area contributed by atoms with Crippen molar-refractivity contribution in [1.82, 2.24) is 0 Å². The first-order chi connectivity index (χ1) is 6.63. The molecule has 1 atom stereocenters. The molecular weight excluding hydrogens is 182 g/mol. The molecule has 0 spiro atoms. The van der Waals surface area contributed by atoms with Gasteiger partial charge >= 0.3 is 12.2 Å². The summed E-state index contributed by atoms with van der Waals surface area (Å²) in [7, 11) is 0. The van der Waals surface area contributed by atoms with Gasteiger partial charge in [-0.2, -0.15) is 4.79 Å². The highest BCUT2D eigenvalue weighted by atomic mass is 16.5. The van der Waals surface area contributed by atoms with Crippen molar-refractivity contribution in [1.29, 1.82) is 0 Å². The van der Waals surface area contributed by atoms with Gasteiger partial charge in [-0.05, 0) is 26.7 Å². The lowest BCUT2D eigenvalue weighted by Gasteiger charge is -2.10. The predicted octanol–water partition coefficient (Wildman–Crippen LogP) is 0.842. The quantitative estimate of drug-likeness (QED) is 0.289. The zero-order chi connectivity index (χ0) is 10.6. The van der Waals surface area contributed by atoms with Crippen molar-refractivity contribution in [3.63, 3.8) is 0 Å². The summed E-state index contributed by atoms with van der Waals surface area (Å²) in [5.41, 5.74) is 8.91. The Bertz CT molecular complexity index is 303. The van der Waals surface area contributed by atoms with Gasteiger partial charge in [-0.1, -0.05) is 0 Å². The highest BCUT2D eigenvalue weighted by molar-refractivity contribution is 6.29. The molecule has 5 heteroatoms. The lowest BCUT2D eigenvalue weighted by molar-refractivity contribution is -0.148. The van der Waals surface area contributed by atoms with Crippen LogP contribution in [-0.4, -0.2) is 34.8 Å². The van der Waals surface area contributed by atoms with Crippen molar-refractivity contribution in [3.05, 3.63) is 5.53 Å². The summed E-state index contributed by atoms with van der Waals surface area (Å²) in [4.78, 5) is 18.3. The monoisotopic (exact) mass is 195 g/mol. The standard InChI is InChI=1S/C9H13N3O2/c1-6(2)14-9(13)8-4-3-7(12-8)5-11-10/h5-6,8H,3-4H2,1-2H3. The third-order valence-corrected chi connectivity index (χ3v) is 1.83. The minimum absolute atomic E-state index is 0.117. The van der Waals surface area contributed by atoms with Gasteiger partial charge in [0.1, 0.15) is 11.8 Å². The second kappa shape index (κ2) is 4.67. The third-order valence-electron chi connectivity index (χ3n) is 1.83. The molecule has 0 aliphatic carbocycles. The Morgan fingerprint density at radius 2 is 2.50 bits per heavy atom. The fraction of sp³-hybridized carbons (Fsp3) is 0.667. The van der Waals surface area contributed by atoms with Crippen molar-refractivity contribution in [2.75, 3.05) is 0 Å². The summed E-state index contributed by atoms with van der Waals surface area (Å²) in [6, 6.07) is -0.426. The molecule has 1 aliphatic heterocycles. The molecule has 0 N–H and O–H groups in total. The van der Waals surface area contributed by atoms with E-state index in [1.165, 1.54) is 6.21 Å². The van der Waals surface area contributed by atoms with Crippen molar-refractivity contribution >= 4 is 17.9 Å². The van der Waals surface area contributed by atoms with Crippen LogP contribution in [0, 0.1) is 0 Å². The largest absolute Gasteiger partial charge is 0.461 e. The van der Waals surface area contributed by atoms with Gasteiger partial charge in [0, 0.05) is 0 Å². The maximum Gasteiger partial charge on any atom is 0.331 e. The molecule has 76 valence electrons. The highest BCUT2D eigenvalue weighted by Gasteiger charge is 2.26. The minimum Gasteiger partial charge on any atom is -0.461 e. The summed E-state index contributed by atoms with van der Waals surface area (Å²) in [5, 5.41) is 0. The molecule has 1 heterocycles. The van der Waals surface area contributed by atoms with Gasteiger partial charge in [-0.3, -0.25) is 4.99 Å². The first kappa shape index (κ1) is 10.6. The van der Waals surface area contributed by atoms with Crippen LogP contribution in [0.15, 0.2) is 4.99 Å². The van der Waals surface area contributed by atoms with E-state index in [0.717, 1.165) is 0 Å². The van der Waals surface area contributed by atoms with Crippen LogP contribution in [0.5, 0.6) is 0 Å². The minimum atomic E-state index is -0.426. The molecule has 0 aromatic rings. The topological polar surface area (TPSA) is 75.1 Å². The first-order valence-electron chi connectivity index (χ1n) is 4.58. The molecule has 0 amide bonds. The molecule has 1 rings (SSSR count). The van der Waals surface area contributed by atoms with E-state index in [4.69, 9.17) is 10.3 Å². The van der Waals surface area contributed by atoms with E-state index in [1.54, 1.807) is 13.8 Å². The van der Waals surface area contributed by atoms with Gasteiger partial charge in [0.2, 0.25) is 0 Å². The Morgan fingerprint density at radius 3 is 3.07 bits per heavy atom. The van der Waals surface area contributed by atoms with E-state index in [0.29, 0.717) is 18.6 Å². The number of hydrogen-bond donors (Lipinski definition) is 0. The Balaban J connectivity index is 2.56.